The van der Waals surface area contributed by atoms with E-state index in [1.165, 1.54) is 14.1 Å². The first-order valence-corrected chi connectivity index (χ1v) is 8.74. The van der Waals surface area contributed by atoms with Gasteiger partial charge >= 0.3 is 5.69 Å². The van der Waals surface area contributed by atoms with Crippen LogP contribution in [-0.4, -0.2) is 30.0 Å². The molecule has 28 heavy (non-hydrogen) atoms. The van der Waals surface area contributed by atoms with E-state index >= 15 is 0 Å². The average molecular weight is 377 g/mol. The fourth-order valence-electron chi connectivity index (χ4n) is 3.67. The zero-order valence-corrected chi connectivity index (χ0v) is 15.5. The Morgan fingerprint density at radius 2 is 1.86 bits per heavy atom. The van der Waals surface area contributed by atoms with Gasteiger partial charge in [0.2, 0.25) is 5.88 Å². The molecule has 1 atom stereocenters. The topological polar surface area (TPSA) is 104 Å². The van der Waals surface area contributed by atoms with Gasteiger partial charge in [0, 0.05) is 38.6 Å². The van der Waals surface area contributed by atoms with Crippen LogP contribution in [0.4, 0.5) is 0 Å². The van der Waals surface area contributed by atoms with E-state index in [1.54, 1.807) is 23.4 Å². The number of hydrogen-bond acceptors (Lipinski definition) is 5. The Morgan fingerprint density at radius 1 is 1.11 bits per heavy atom. The van der Waals surface area contributed by atoms with Gasteiger partial charge in [0.25, 0.3) is 5.56 Å². The van der Waals surface area contributed by atoms with Crippen molar-refractivity contribution in [1.82, 2.24) is 19.0 Å². The number of fused-ring (bicyclic) bond motifs is 1. The third kappa shape index (κ3) is 2.53. The molecule has 8 nitrogen and oxygen atoms in total. The number of rotatable bonds is 3. The highest BCUT2D eigenvalue weighted by Gasteiger charge is 2.39. The fraction of sp³-hybridized carbons (Fsp3) is 0.200. The Bertz CT molecular complexity index is 1200. The van der Waals surface area contributed by atoms with Crippen LogP contribution in [0.15, 0.2) is 58.4 Å². The van der Waals surface area contributed by atoms with Gasteiger partial charge in [-0.25, -0.2) is 4.79 Å². The lowest BCUT2D eigenvalue weighted by atomic mass is 9.99. The van der Waals surface area contributed by atoms with Crippen LogP contribution in [0, 0.1) is 5.41 Å². The second kappa shape index (κ2) is 6.49. The molecular weight excluding hydrogens is 358 g/mol. The van der Waals surface area contributed by atoms with E-state index in [-0.39, 0.29) is 11.4 Å². The number of pyridine rings is 1. The number of nitrogens with zero attached hydrogens (tertiary/aromatic N) is 4. The maximum atomic E-state index is 12.9. The summed E-state index contributed by atoms with van der Waals surface area (Å²) in [5.74, 6) is -0.140. The lowest BCUT2D eigenvalue weighted by Gasteiger charge is -2.27. The first-order chi connectivity index (χ1) is 13.4. The predicted octanol–water partition coefficient (Wildman–Crippen LogP) is 1.12. The molecule has 0 bridgehead atoms. The third-order valence-corrected chi connectivity index (χ3v) is 5.13. The molecule has 1 aliphatic heterocycles. The summed E-state index contributed by atoms with van der Waals surface area (Å²) in [5, 5.41) is 19.3. The Hall–Kier alpha value is -3.68. The van der Waals surface area contributed by atoms with E-state index in [1.807, 2.05) is 30.3 Å². The molecule has 3 heterocycles. The Morgan fingerprint density at radius 3 is 2.57 bits per heavy atom. The maximum Gasteiger partial charge on any atom is 0.333 e. The lowest BCUT2D eigenvalue weighted by Crippen LogP contribution is -2.41. The second-order valence-electron chi connectivity index (χ2n) is 6.77. The lowest BCUT2D eigenvalue weighted by molar-refractivity contribution is 0.333. The molecule has 3 aromatic rings. The van der Waals surface area contributed by atoms with Crippen LogP contribution in [0.25, 0.3) is 0 Å². The van der Waals surface area contributed by atoms with Crippen LogP contribution >= 0.6 is 0 Å². The zero-order valence-electron chi connectivity index (χ0n) is 15.5. The van der Waals surface area contributed by atoms with Gasteiger partial charge in [0.1, 0.15) is 11.4 Å². The third-order valence-electron chi connectivity index (χ3n) is 5.13. The Kier molecular flexibility index (Phi) is 4.11. The molecule has 8 heteroatoms. The minimum Gasteiger partial charge on any atom is -0.494 e. The van der Waals surface area contributed by atoms with Crippen LogP contribution in [0.2, 0.25) is 0 Å². The fourth-order valence-corrected chi connectivity index (χ4v) is 3.67. The van der Waals surface area contributed by atoms with Gasteiger partial charge < -0.3 is 10.0 Å². The van der Waals surface area contributed by atoms with E-state index in [0.717, 1.165) is 20.3 Å². The smallest absolute Gasteiger partial charge is 0.333 e. The molecule has 0 saturated heterocycles. The zero-order chi connectivity index (χ0) is 20.0. The summed E-state index contributed by atoms with van der Waals surface area (Å²) in [6.07, 6.45) is 3.37. The molecule has 1 unspecified atom stereocenters. The standard InChI is InChI=1S/C20H19N5O3/c1-23-18(26)15(19(27)24(2)20(23)28)16-13-7-3-4-8-14(13)17(21)25(16)11-12-6-5-9-22-10-12/h3-10,16,21,26H,11H2,1-2H3. The molecule has 0 fully saturated rings. The van der Waals surface area contributed by atoms with Gasteiger partial charge in [-0.1, -0.05) is 30.3 Å². The first kappa shape index (κ1) is 17.7. The second-order valence-corrected chi connectivity index (χ2v) is 6.77. The van der Waals surface area contributed by atoms with Crippen LogP contribution in [0.5, 0.6) is 5.88 Å². The van der Waals surface area contributed by atoms with Crippen molar-refractivity contribution in [1.29, 1.82) is 5.41 Å². The van der Waals surface area contributed by atoms with Gasteiger partial charge in [-0.05, 0) is 17.2 Å². The highest BCUT2D eigenvalue weighted by atomic mass is 16.3. The molecule has 2 N–H and O–H groups in total. The maximum absolute atomic E-state index is 12.9. The van der Waals surface area contributed by atoms with Crippen molar-refractivity contribution >= 4 is 5.84 Å². The number of aromatic nitrogens is 3. The van der Waals surface area contributed by atoms with E-state index in [0.29, 0.717) is 12.1 Å². The van der Waals surface area contributed by atoms with E-state index in [9.17, 15) is 14.7 Å². The molecular formula is C20H19N5O3. The summed E-state index contributed by atoms with van der Waals surface area (Å²) < 4.78 is 2.02. The van der Waals surface area contributed by atoms with Crippen LogP contribution in [0.1, 0.15) is 28.3 Å². The van der Waals surface area contributed by atoms with E-state index < -0.39 is 23.2 Å². The number of benzene rings is 1. The van der Waals surface area contributed by atoms with Gasteiger partial charge in [-0.3, -0.25) is 24.3 Å². The molecule has 4 rings (SSSR count). The monoisotopic (exact) mass is 377 g/mol. The van der Waals surface area contributed by atoms with Crippen LogP contribution in [-0.2, 0) is 20.6 Å². The summed E-state index contributed by atoms with van der Waals surface area (Å²) in [4.78, 5) is 31.0. The van der Waals surface area contributed by atoms with Crippen LogP contribution in [0.3, 0.4) is 0 Å². The van der Waals surface area contributed by atoms with Gasteiger partial charge in [0.15, 0.2) is 0 Å². The quantitative estimate of drug-likeness (QED) is 0.712. The van der Waals surface area contributed by atoms with Crippen molar-refractivity contribution in [2.24, 2.45) is 14.1 Å². The minimum absolute atomic E-state index is 0.0724. The van der Waals surface area contributed by atoms with E-state index in [4.69, 9.17) is 5.41 Å². The van der Waals surface area contributed by atoms with Crippen molar-refractivity contribution in [2.75, 3.05) is 0 Å². The largest absolute Gasteiger partial charge is 0.494 e. The van der Waals surface area contributed by atoms with Crippen molar-refractivity contribution in [3.63, 3.8) is 0 Å². The molecule has 0 saturated carbocycles. The predicted molar refractivity (Wildman–Crippen MR) is 103 cm³/mol. The molecule has 2 aromatic heterocycles. The van der Waals surface area contributed by atoms with Crippen molar-refractivity contribution < 1.29 is 5.11 Å². The number of nitrogens with one attached hydrogen (secondary N) is 1. The summed E-state index contributed by atoms with van der Waals surface area (Å²) in [6.45, 7) is 0.331. The summed E-state index contributed by atoms with van der Waals surface area (Å²) >= 11 is 0. The summed E-state index contributed by atoms with van der Waals surface area (Å²) in [7, 11) is 2.80. The highest BCUT2D eigenvalue weighted by molar-refractivity contribution is 6.01. The van der Waals surface area contributed by atoms with Crippen molar-refractivity contribution in [3.05, 3.63) is 91.9 Å². The molecule has 142 valence electrons. The van der Waals surface area contributed by atoms with Crippen molar-refractivity contribution in [2.45, 2.75) is 12.6 Å². The minimum atomic E-state index is -0.686. The number of hydrogen-bond donors (Lipinski definition) is 2. The van der Waals surface area contributed by atoms with Gasteiger partial charge in [0.05, 0.1) is 6.04 Å². The Labute approximate surface area is 160 Å². The highest BCUT2D eigenvalue weighted by Crippen LogP contribution is 2.40. The summed E-state index contributed by atoms with van der Waals surface area (Å²) in [5.41, 5.74) is 1.18. The molecule has 0 aliphatic carbocycles. The molecule has 0 amide bonds. The molecule has 0 spiro atoms. The average Bonchev–Trinajstić information content (AvgIpc) is 2.98. The van der Waals surface area contributed by atoms with Gasteiger partial charge in [-0.15, -0.1) is 0 Å². The SMILES string of the molecule is Cn1c(O)c(C2c3ccccc3C(=N)N2Cc2cccnc2)c(=O)n(C)c1=O. The summed E-state index contributed by atoms with van der Waals surface area (Å²) in [6, 6.07) is 10.3. The Balaban J connectivity index is 1.96. The number of amidine groups is 1. The van der Waals surface area contributed by atoms with Crippen molar-refractivity contribution in [3.8, 4) is 5.88 Å². The first-order valence-electron chi connectivity index (χ1n) is 8.74. The normalized spacial score (nSPS) is 15.7. The molecule has 0 radical (unpaired) electrons. The van der Waals surface area contributed by atoms with Crippen LogP contribution < -0.4 is 11.2 Å². The number of aromatic hydroxyl groups is 1. The molecule has 1 aliphatic rings. The van der Waals surface area contributed by atoms with Gasteiger partial charge in [-0.2, -0.15) is 0 Å². The van der Waals surface area contributed by atoms with E-state index in [2.05, 4.69) is 4.98 Å². The molecule has 1 aromatic carbocycles.